The Morgan fingerprint density at radius 1 is 1.69 bits per heavy atom. The molecule has 88 valence electrons. The molecule has 0 radical (unpaired) electrons. The zero-order valence-electron chi connectivity index (χ0n) is 8.20. The van der Waals surface area contributed by atoms with Crippen LogP contribution in [-0.2, 0) is 16.1 Å². The van der Waals surface area contributed by atoms with E-state index in [1.165, 1.54) is 13.3 Å². The topological polar surface area (TPSA) is 81.2 Å². The lowest BCUT2D eigenvalue weighted by Crippen LogP contribution is -2.33. The molecule has 1 aromatic heterocycles. The first kappa shape index (κ1) is 13.0. The first-order chi connectivity index (χ1) is 7.45. The van der Waals surface area contributed by atoms with Gasteiger partial charge in [-0.1, -0.05) is 27.5 Å². The van der Waals surface area contributed by atoms with E-state index in [-0.39, 0.29) is 11.6 Å². The van der Waals surface area contributed by atoms with Crippen LogP contribution in [0.25, 0.3) is 0 Å². The molecule has 16 heavy (non-hydrogen) atoms. The van der Waals surface area contributed by atoms with Crippen LogP contribution in [0.3, 0.4) is 0 Å². The van der Waals surface area contributed by atoms with Crippen molar-refractivity contribution in [1.82, 2.24) is 9.55 Å². The zero-order chi connectivity index (χ0) is 12.3. The van der Waals surface area contributed by atoms with Gasteiger partial charge in [-0.2, -0.15) is 0 Å². The van der Waals surface area contributed by atoms with Gasteiger partial charge in [0.15, 0.2) is 0 Å². The number of hydrogen-bond acceptors (Lipinski definition) is 4. The van der Waals surface area contributed by atoms with E-state index in [1.54, 1.807) is 0 Å². The number of nitrogens with one attached hydrogen (secondary N) is 1. The molecule has 0 bridgehead atoms. The molecule has 8 heteroatoms. The highest BCUT2D eigenvalue weighted by atomic mass is 79.9. The lowest BCUT2D eigenvalue weighted by molar-refractivity contribution is -0.140. The van der Waals surface area contributed by atoms with Crippen LogP contribution >= 0.6 is 27.5 Å². The Kier molecular flexibility index (Phi) is 4.31. The second-order valence-corrected chi connectivity index (χ2v) is 4.39. The maximum Gasteiger partial charge on any atom is 0.328 e. The molecule has 0 amide bonds. The van der Waals surface area contributed by atoms with Crippen molar-refractivity contribution in [2.75, 3.05) is 7.11 Å². The highest BCUT2D eigenvalue weighted by molar-refractivity contribution is 9.10. The molecule has 0 aliphatic carbocycles. The minimum absolute atomic E-state index is 0.0159. The van der Waals surface area contributed by atoms with Crippen LogP contribution in [-0.4, -0.2) is 27.5 Å². The summed E-state index contributed by atoms with van der Waals surface area (Å²) in [4.78, 5) is 34.7. The number of methoxy groups -OCH3 is 1. The Balaban J connectivity index is 2.98. The smallest absolute Gasteiger partial charge is 0.328 e. The molecule has 1 atom stereocenters. The SMILES string of the molecule is COC(=O)C(Br)Cn1cc(Cl)c(=O)[nH]c1=O. The quantitative estimate of drug-likeness (QED) is 0.635. The number of esters is 1. The normalized spacial score (nSPS) is 12.2. The van der Waals surface area contributed by atoms with Crippen molar-refractivity contribution >= 4 is 33.5 Å². The van der Waals surface area contributed by atoms with Crippen LogP contribution in [0.1, 0.15) is 0 Å². The largest absolute Gasteiger partial charge is 0.468 e. The summed E-state index contributed by atoms with van der Waals surface area (Å²) in [6, 6.07) is 0. The van der Waals surface area contributed by atoms with Gasteiger partial charge >= 0.3 is 11.7 Å². The molecule has 0 saturated heterocycles. The van der Waals surface area contributed by atoms with Crippen LogP contribution in [0.4, 0.5) is 0 Å². The minimum atomic E-state index is -0.683. The summed E-state index contributed by atoms with van der Waals surface area (Å²) in [5.41, 5.74) is -1.30. The number of nitrogens with zero attached hydrogens (tertiary/aromatic N) is 1. The van der Waals surface area contributed by atoms with E-state index in [2.05, 4.69) is 20.7 Å². The minimum Gasteiger partial charge on any atom is -0.468 e. The number of aromatic amines is 1. The fraction of sp³-hybridized carbons (Fsp3) is 0.375. The number of carbonyl (C=O) groups is 1. The van der Waals surface area contributed by atoms with E-state index in [0.717, 1.165) is 4.57 Å². The van der Waals surface area contributed by atoms with Crippen LogP contribution in [0.5, 0.6) is 0 Å². The lowest BCUT2D eigenvalue weighted by atomic mass is 10.4. The van der Waals surface area contributed by atoms with Crippen LogP contribution in [0.15, 0.2) is 15.8 Å². The van der Waals surface area contributed by atoms with Gasteiger partial charge in [-0.25, -0.2) is 4.79 Å². The Morgan fingerprint density at radius 2 is 2.31 bits per heavy atom. The Morgan fingerprint density at radius 3 is 2.88 bits per heavy atom. The molecule has 0 spiro atoms. The standard InChI is InChI=1S/C8H8BrClN2O4/c1-16-7(14)4(9)2-12-3-5(10)6(13)11-8(12)15/h3-4H,2H2,1H3,(H,11,13,15). The van der Waals surface area contributed by atoms with Crippen molar-refractivity contribution in [2.45, 2.75) is 11.4 Å². The molecule has 1 heterocycles. The Bertz CT molecular complexity index is 509. The Labute approximate surface area is 103 Å². The molecule has 0 aromatic carbocycles. The van der Waals surface area contributed by atoms with Gasteiger partial charge in [0, 0.05) is 6.20 Å². The fourth-order valence-electron chi connectivity index (χ4n) is 0.993. The molecule has 1 N–H and O–H groups in total. The van der Waals surface area contributed by atoms with E-state index in [9.17, 15) is 14.4 Å². The molecule has 0 fully saturated rings. The van der Waals surface area contributed by atoms with E-state index < -0.39 is 22.0 Å². The third-order valence-electron chi connectivity index (χ3n) is 1.78. The molecule has 0 aliphatic rings. The summed E-state index contributed by atoms with van der Waals surface area (Å²) in [5.74, 6) is -0.519. The molecule has 1 unspecified atom stereocenters. The first-order valence-electron chi connectivity index (χ1n) is 4.17. The molecule has 0 saturated carbocycles. The van der Waals surface area contributed by atoms with Gasteiger partial charge in [0.25, 0.3) is 5.56 Å². The van der Waals surface area contributed by atoms with Gasteiger partial charge in [-0.3, -0.25) is 19.1 Å². The van der Waals surface area contributed by atoms with Crippen LogP contribution in [0.2, 0.25) is 5.02 Å². The van der Waals surface area contributed by atoms with Crippen LogP contribution in [0, 0.1) is 0 Å². The van der Waals surface area contributed by atoms with E-state index in [4.69, 9.17) is 11.6 Å². The highest BCUT2D eigenvalue weighted by Crippen LogP contribution is 2.05. The number of aromatic nitrogens is 2. The van der Waals surface area contributed by atoms with Gasteiger partial charge in [0.1, 0.15) is 9.85 Å². The van der Waals surface area contributed by atoms with Crippen molar-refractivity contribution in [2.24, 2.45) is 0 Å². The maximum atomic E-state index is 11.3. The number of alkyl halides is 1. The van der Waals surface area contributed by atoms with Crippen molar-refractivity contribution in [1.29, 1.82) is 0 Å². The fourth-order valence-corrected chi connectivity index (χ4v) is 1.66. The summed E-state index contributed by atoms with van der Waals surface area (Å²) >= 11 is 8.60. The van der Waals surface area contributed by atoms with Gasteiger partial charge in [-0.15, -0.1) is 0 Å². The highest BCUT2D eigenvalue weighted by Gasteiger charge is 2.16. The predicted molar refractivity (Wildman–Crippen MR) is 61.1 cm³/mol. The Hall–Kier alpha value is -1.08. The number of carbonyl (C=O) groups excluding carboxylic acids is 1. The third kappa shape index (κ3) is 2.96. The van der Waals surface area contributed by atoms with E-state index in [0.29, 0.717) is 0 Å². The van der Waals surface area contributed by atoms with Gasteiger partial charge in [0.2, 0.25) is 0 Å². The number of hydrogen-bond donors (Lipinski definition) is 1. The van der Waals surface area contributed by atoms with Crippen molar-refractivity contribution in [3.63, 3.8) is 0 Å². The van der Waals surface area contributed by atoms with Crippen molar-refractivity contribution in [3.05, 3.63) is 32.1 Å². The average molecular weight is 312 g/mol. The third-order valence-corrected chi connectivity index (χ3v) is 2.71. The summed E-state index contributed by atoms with van der Waals surface area (Å²) in [6.45, 7) is 0.0159. The number of halogens is 2. The van der Waals surface area contributed by atoms with E-state index in [1.807, 2.05) is 4.98 Å². The molecule has 1 aromatic rings. The van der Waals surface area contributed by atoms with Crippen LogP contribution < -0.4 is 11.2 Å². The predicted octanol–water partition coefficient (Wildman–Crippen LogP) is 0.126. The number of ether oxygens (including phenoxy) is 1. The van der Waals surface area contributed by atoms with E-state index >= 15 is 0 Å². The first-order valence-corrected chi connectivity index (χ1v) is 5.46. The average Bonchev–Trinajstić information content (AvgIpc) is 2.24. The second kappa shape index (κ2) is 5.31. The summed E-state index contributed by atoms with van der Waals surface area (Å²) < 4.78 is 5.58. The molecular weight excluding hydrogens is 303 g/mol. The molecule has 0 aliphatic heterocycles. The van der Waals surface area contributed by atoms with Gasteiger partial charge in [0.05, 0.1) is 13.7 Å². The molecular formula is C8H8BrClN2O4. The second-order valence-electron chi connectivity index (χ2n) is 2.88. The maximum absolute atomic E-state index is 11.3. The van der Waals surface area contributed by atoms with Gasteiger partial charge in [-0.05, 0) is 0 Å². The van der Waals surface area contributed by atoms with Crippen molar-refractivity contribution in [3.8, 4) is 0 Å². The summed E-state index contributed by atoms with van der Waals surface area (Å²) in [6.07, 6.45) is 1.17. The number of H-pyrrole nitrogens is 1. The summed E-state index contributed by atoms with van der Waals surface area (Å²) in [5, 5.41) is -0.121. The molecule has 6 nitrogen and oxygen atoms in total. The number of rotatable bonds is 3. The van der Waals surface area contributed by atoms with Crippen molar-refractivity contribution < 1.29 is 9.53 Å². The lowest BCUT2D eigenvalue weighted by Gasteiger charge is -2.09. The zero-order valence-corrected chi connectivity index (χ0v) is 10.5. The monoisotopic (exact) mass is 310 g/mol. The molecule has 1 rings (SSSR count). The van der Waals surface area contributed by atoms with Gasteiger partial charge < -0.3 is 4.74 Å². The summed E-state index contributed by atoms with van der Waals surface area (Å²) in [7, 11) is 1.24.